The van der Waals surface area contributed by atoms with Gasteiger partial charge in [-0.25, -0.2) is 0 Å². The van der Waals surface area contributed by atoms with Crippen molar-refractivity contribution in [3.63, 3.8) is 0 Å². The van der Waals surface area contributed by atoms with Gasteiger partial charge in [0.2, 0.25) is 0 Å². The molecule has 0 aromatic rings. The van der Waals surface area contributed by atoms with Crippen molar-refractivity contribution >= 4 is 0 Å². The van der Waals surface area contributed by atoms with Crippen LogP contribution < -0.4 is 0 Å². The van der Waals surface area contributed by atoms with Crippen LogP contribution in [0.2, 0.25) is 0 Å². The van der Waals surface area contributed by atoms with Crippen LogP contribution >= 0.6 is 0 Å². The van der Waals surface area contributed by atoms with Gasteiger partial charge in [0.25, 0.3) is 0 Å². The Labute approximate surface area is 84.1 Å². The molecule has 13 heavy (non-hydrogen) atoms. The SMILES string of the molecule is CC1CCC(C)C(C(C)C)C(C)C1. The topological polar surface area (TPSA) is 0 Å². The monoisotopic (exact) mass is 182 g/mol. The minimum Gasteiger partial charge on any atom is -0.0625 e. The zero-order valence-electron chi connectivity index (χ0n) is 10.0. The number of hydrogen-bond donors (Lipinski definition) is 0. The average Bonchev–Trinajstić information content (AvgIpc) is 2.10. The maximum absolute atomic E-state index is 2.46. The normalized spacial score (nSPS) is 42.0. The van der Waals surface area contributed by atoms with Crippen molar-refractivity contribution in [2.45, 2.75) is 53.9 Å². The van der Waals surface area contributed by atoms with Crippen molar-refractivity contribution in [3.8, 4) is 0 Å². The molecular formula is C13H26. The molecule has 0 nitrogen and oxygen atoms in total. The molecule has 0 heteroatoms. The maximum atomic E-state index is 2.46. The fourth-order valence-electron chi connectivity index (χ4n) is 3.52. The zero-order chi connectivity index (χ0) is 10.0. The molecule has 1 fully saturated rings. The molecule has 0 spiro atoms. The Kier molecular flexibility index (Phi) is 3.82. The largest absolute Gasteiger partial charge is 0.0625 e. The van der Waals surface area contributed by atoms with Gasteiger partial charge in [0.05, 0.1) is 0 Å². The molecule has 78 valence electrons. The summed E-state index contributed by atoms with van der Waals surface area (Å²) in [4.78, 5) is 0. The highest BCUT2D eigenvalue weighted by atomic mass is 14.4. The second-order valence-electron chi connectivity index (χ2n) is 5.69. The molecule has 1 rings (SSSR count). The molecule has 0 aromatic carbocycles. The molecule has 0 N–H and O–H groups in total. The van der Waals surface area contributed by atoms with E-state index in [1.807, 2.05) is 0 Å². The van der Waals surface area contributed by atoms with Crippen LogP contribution in [-0.2, 0) is 0 Å². The molecule has 4 atom stereocenters. The first-order valence-electron chi connectivity index (χ1n) is 6.02. The van der Waals surface area contributed by atoms with Gasteiger partial charge in [-0.1, -0.05) is 47.5 Å². The van der Waals surface area contributed by atoms with Gasteiger partial charge >= 0.3 is 0 Å². The van der Waals surface area contributed by atoms with Gasteiger partial charge in [0.1, 0.15) is 0 Å². The highest BCUT2D eigenvalue weighted by molar-refractivity contribution is 4.80. The van der Waals surface area contributed by atoms with E-state index in [2.05, 4.69) is 34.6 Å². The van der Waals surface area contributed by atoms with Gasteiger partial charge in [-0.15, -0.1) is 0 Å². The van der Waals surface area contributed by atoms with E-state index in [1.165, 1.54) is 19.3 Å². The summed E-state index contributed by atoms with van der Waals surface area (Å²) in [7, 11) is 0. The molecule has 0 heterocycles. The molecule has 0 amide bonds. The van der Waals surface area contributed by atoms with Crippen LogP contribution in [0.25, 0.3) is 0 Å². The molecule has 1 saturated carbocycles. The van der Waals surface area contributed by atoms with Gasteiger partial charge in [0.15, 0.2) is 0 Å². The van der Waals surface area contributed by atoms with E-state index in [1.54, 1.807) is 0 Å². The van der Waals surface area contributed by atoms with Crippen molar-refractivity contribution in [3.05, 3.63) is 0 Å². The van der Waals surface area contributed by atoms with E-state index >= 15 is 0 Å². The van der Waals surface area contributed by atoms with Crippen molar-refractivity contribution in [1.29, 1.82) is 0 Å². The van der Waals surface area contributed by atoms with E-state index in [4.69, 9.17) is 0 Å². The fourth-order valence-corrected chi connectivity index (χ4v) is 3.52. The Bertz CT molecular complexity index is 148. The highest BCUT2D eigenvalue weighted by Crippen LogP contribution is 2.39. The minimum absolute atomic E-state index is 0.871. The summed E-state index contributed by atoms with van der Waals surface area (Å²) in [6.07, 6.45) is 4.36. The molecule has 0 bridgehead atoms. The summed E-state index contributed by atoms with van der Waals surface area (Å²) in [6, 6.07) is 0. The van der Waals surface area contributed by atoms with E-state index in [9.17, 15) is 0 Å². The van der Waals surface area contributed by atoms with Gasteiger partial charge in [0, 0.05) is 0 Å². The van der Waals surface area contributed by atoms with Gasteiger partial charge < -0.3 is 0 Å². The van der Waals surface area contributed by atoms with Crippen LogP contribution in [-0.4, -0.2) is 0 Å². The Morgan fingerprint density at radius 1 is 0.923 bits per heavy atom. The van der Waals surface area contributed by atoms with E-state index < -0.39 is 0 Å². The molecule has 0 aliphatic heterocycles. The first kappa shape index (κ1) is 11.1. The first-order valence-corrected chi connectivity index (χ1v) is 6.02. The van der Waals surface area contributed by atoms with Crippen molar-refractivity contribution in [1.82, 2.24) is 0 Å². The molecule has 0 saturated heterocycles. The summed E-state index contributed by atoms with van der Waals surface area (Å²) >= 11 is 0. The Hall–Kier alpha value is 0. The van der Waals surface area contributed by atoms with Crippen molar-refractivity contribution < 1.29 is 0 Å². The Morgan fingerprint density at radius 2 is 1.54 bits per heavy atom. The third-order valence-corrected chi connectivity index (χ3v) is 3.97. The quantitative estimate of drug-likeness (QED) is 0.529. The smallest absolute Gasteiger partial charge is 0.0339 e. The summed E-state index contributed by atoms with van der Waals surface area (Å²) in [6.45, 7) is 12.1. The summed E-state index contributed by atoms with van der Waals surface area (Å²) in [5.41, 5.74) is 0. The van der Waals surface area contributed by atoms with Crippen LogP contribution in [0.5, 0.6) is 0 Å². The highest BCUT2D eigenvalue weighted by Gasteiger charge is 2.30. The molecule has 0 aromatic heterocycles. The number of hydrogen-bond acceptors (Lipinski definition) is 0. The predicted octanol–water partition coefficient (Wildman–Crippen LogP) is 4.35. The lowest BCUT2D eigenvalue weighted by Gasteiger charge is -2.30. The van der Waals surface area contributed by atoms with Crippen LogP contribution in [0.15, 0.2) is 0 Å². The van der Waals surface area contributed by atoms with Gasteiger partial charge in [-0.05, 0) is 36.0 Å². The summed E-state index contributed by atoms with van der Waals surface area (Å²) in [5, 5.41) is 0. The van der Waals surface area contributed by atoms with E-state index in [0.717, 1.165) is 29.6 Å². The lowest BCUT2D eigenvalue weighted by atomic mass is 9.75. The number of rotatable bonds is 1. The van der Waals surface area contributed by atoms with Gasteiger partial charge in [-0.3, -0.25) is 0 Å². The second kappa shape index (κ2) is 4.48. The molecule has 1 aliphatic carbocycles. The van der Waals surface area contributed by atoms with Crippen LogP contribution in [0.3, 0.4) is 0 Å². The molecule has 4 unspecified atom stereocenters. The Balaban J connectivity index is 2.67. The lowest BCUT2D eigenvalue weighted by molar-refractivity contribution is 0.187. The minimum atomic E-state index is 0.871. The first-order chi connectivity index (χ1) is 6.02. The Morgan fingerprint density at radius 3 is 2.08 bits per heavy atom. The van der Waals surface area contributed by atoms with Crippen molar-refractivity contribution in [2.75, 3.05) is 0 Å². The van der Waals surface area contributed by atoms with Crippen molar-refractivity contribution in [2.24, 2.45) is 29.6 Å². The maximum Gasteiger partial charge on any atom is -0.0339 e. The zero-order valence-corrected chi connectivity index (χ0v) is 10.0. The molecule has 0 radical (unpaired) electrons. The molecule has 1 aliphatic rings. The standard InChI is InChI=1S/C13H26/c1-9(2)13-11(4)7-6-10(3)8-12(13)5/h9-13H,6-8H2,1-5H3. The fraction of sp³-hybridized carbons (Fsp3) is 1.00. The second-order valence-corrected chi connectivity index (χ2v) is 5.69. The van der Waals surface area contributed by atoms with Crippen LogP contribution in [0.1, 0.15) is 53.9 Å². The van der Waals surface area contributed by atoms with E-state index in [-0.39, 0.29) is 0 Å². The average molecular weight is 182 g/mol. The van der Waals surface area contributed by atoms with Gasteiger partial charge in [-0.2, -0.15) is 0 Å². The third kappa shape index (κ3) is 2.72. The van der Waals surface area contributed by atoms with Crippen LogP contribution in [0.4, 0.5) is 0 Å². The summed E-state index contributed by atoms with van der Waals surface area (Å²) in [5.74, 6) is 4.67. The predicted molar refractivity (Wildman–Crippen MR) is 59.7 cm³/mol. The van der Waals surface area contributed by atoms with E-state index in [0.29, 0.717) is 0 Å². The lowest BCUT2D eigenvalue weighted by Crippen LogP contribution is -2.23. The third-order valence-electron chi connectivity index (χ3n) is 3.97. The summed E-state index contributed by atoms with van der Waals surface area (Å²) < 4.78 is 0. The van der Waals surface area contributed by atoms with Crippen LogP contribution in [0, 0.1) is 29.6 Å². The molecular weight excluding hydrogens is 156 g/mol.